The molecule has 2 heterocycles. The normalized spacial score (nSPS) is 10.2. The highest BCUT2D eigenvalue weighted by Gasteiger charge is 2.16. The third kappa shape index (κ3) is 2.68. The minimum Gasteiger partial charge on any atom is -0.480 e. The van der Waals surface area contributed by atoms with Crippen LogP contribution in [0.4, 0.5) is 5.69 Å². The molecule has 2 aromatic heterocycles. The van der Waals surface area contributed by atoms with Gasteiger partial charge in [-0.05, 0) is 17.7 Å². The van der Waals surface area contributed by atoms with Crippen LogP contribution in [-0.4, -0.2) is 33.0 Å². The Morgan fingerprint density at radius 1 is 1.21 bits per heavy atom. The van der Waals surface area contributed by atoms with Crippen molar-refractivity contribution in [3.63, 3.8) is 0 Å². The molecule has 24 heavy (non-hydrogen) atoms. The van der Waals surface area contributed by atoms with Crippen molar-refractivity contribution in [3.05, 3.63) is 65.8 Å². The van der Waals surface area contributed by atoms with Crippen LogP contribution in [-0.2, 0) is 0 Å². The van der Waals surface area contributed by atoms with Gasteiger partial charge in [-0.25, -0.2) is 14.6 Å². The molecule has 3 aromatic rings. The highest BCUT2D eigenvalue weighted by Crippen LogP contribution is 2.32. The number of carbonyl (C=O) groups is 1. The first-order valence-corrected chi connectivity index (χ1v) is 6.93. The number of hydrogen-bond donors (Lipinski definition) is 1. The summed E-state index contributed by atoms with van der Waals surface area (Å²) in [6, 6.07) is 10.1. The molecule has 0 fully saturated rings. The lowest BCUT2D eigenvalue weighted by molar-refractivity contribution is 0.0696. The Labute approximate surface area is 137 Å². The quantitative estimate of drug-likeness (QED) is 0.747. The molecule has 118 valence electrons. The van der Waals surface area contributed by atoms with E-state index in [1.54, 1.807) is 24.4 Å². The predicted octanol–water partition coefficient (Wildman–Crippen LogP) is 3.19. The highest BCUT2D eigenvalue weighted by atomic mass is 16.5. The number of carboxylic acids is 1. The van der Waals surface area contributed by atoms with Gasteiger partial charge in [0.1, 0.15) is 0 Å². The highest BCUT2D eigenvalue weighted by molar-refractivity contribution is 5.87. The fourth-order valence-electron chi connectivity index (χ4n) is 2.25. The van der Waals surface area contributed by atoms with Crippen LogP contribution in [0.1, 0.15) is 10.4 Å². The number of carboxylic acid groups (broad SMARTS) is 1. The van der Waals surface area contributed by atoms with Gasteiger partial charge in [-0.15, -0.1) is 0 Å². The zero-order valence-corrected chi connectivity index (χ0v) is 12.7. The van der Waals surface area contributed by atoms with E-state index in [0.717, 1.165) is 11.1 Å². The van der Waals surface area contributed by atoms with Gasteiger partial charge in [0.05, 0.1) is 31.0 Å². The maximum absolute atomic E-state index is 10.9. The monoisotopic (exact) mass is 320 g/mol. The van der Waals surface area contributed by atoms with Crippen molar-refractivity contribution in [1.29, 1.82) is 0 Å². The summed E-state index contributed by atoms with van der Waals surface area (Å²) in [6.45, 7) is 6.99. The van der Waals surface area contributed by atoms with Gasteiger partial charge in [0, 0.05) is 6.20 Å². The zero-order valence-electron chi connectivity index (χ0n) is 12.7. The third-order valence-corrected chi connectivity index (χ3v) is 3.44. The van der Waals surface area contributed by atoms with E-state index in [1.165, 1.54) is 24.1 Å². The van der Waals surface area contributed by atoms with Crippen LogP contribution in [0.2, 0.25) is 0 Å². The average molecular weight is 320 g/mol. The summed E-state index contributed by atoms with van der Waals surface area (Å²) < 4.78 is 6.93. The molecule has 3 rings (SSSR count). The Kier molecular flexibility index (Phi) is 3.95. The fourth-order valence-corrected chi connectivity index (χ4v) is 2.25. The number of nitrogens with zero attached hydrogens (tertiary/aromatic N) is 4. The van der Waals surface area contributed by atoms with Gasteiger partial charge in [-0.3, -0.25) is 0 Å². The number of aromatic carboxylic acids is 1. The van der Waals surface area contributed by atoms with E-state index in [0.29, 0.717) is 17.4 Å². The molecule has 0 radical (unpaired) electrons. The van der Waals surface area contributed by atoms with Crippen LogP contribution in [0, 0.1) is 6.57 Å². The first-order valence-electron chi connectivity index (χ1n) is 6.93. The average Bonchev–Trinajstić information content (AvgIpc) is 3.05. The Morgan fingerprint density at radius 2 is 1.96 bits per heavy atom. The van der Waals surface area contributed by atoms with Gasteiger partial charge in [-0.2, -0.15) is 9.78 Å². The molecule has 1 aromatic carbocycles. The van der Waals surface area contributed by atoms with E-state index >= 15 is 0 Å². The van der Waals surface area contributed by atoms with Crippen LogP contribution < -0.4 is 4.74 Å². The molecule has 0 spiro atoms. The van der Waals surface area contributed by atoms with Gasteiger partial charge in [0.2, 0.25) is 5.88 Å². The van der Waals surface area contributed by atoms with E-state index in [4.69, 9.17) is 16.4 Å². The first-order chi connectivity index (χ1) is 11.6. The molecule has 7 heteroatoms. The minimum absolute atomic E-state index is 0.0971. The summed E-state index contributed by atoms with van der Waals surface area (Å²) in [7, 11) is 1.52. The standard InChI is InChI=1S/C17H12N4O3/c1-18-13-6-3-11(4-7-13)14-10-20-21(16(14)24-2)15-8-5-12(9-19-15)17(22)23/h3-10H,2H3,(H,22,23). The fraction of sp³-hybridized carbons (Fsp3) is 0.0588. The summed E-state index contributed by atoms with van der Waals surface area (Å²) in [5.74, 6) is -0.121. The number of hydrogen-bond acceptors (Lipinski definition) is 4. The maximum Gasteiger partial charge on any atom is 0.337 e. The number of aromatic nitrogens is 3. The molecule has 0 aliphatic rings. The van der Waals surface area contributed by atoms with Crippen molar-refractivity contribution in [1.82, 2.24) is 14.8 Å². The van der Waals surface area contributed by atoms with E-state index < -0.39 is 5.97 Å². The molecule has 7 nitrogen and oxygen atoms in total. The topological polar surface area (TPSA) is 81.6 Å². The van der Waals surface area contributed by atoms with E-state index in [-0.39, 0.29) is 5.56 Å². The van der Waals surface area contributed by atoms with Crippen LogP contribution in [0.3, 0.4) is 0 Å². The number of rotatable bonds is 4. The second-order valence-corrected chi connectivity index (χ2v) is 4.85. The second-order valence-electron chi connectivity index (χ2n) is 4.85. The zero-order chi connectivity index (χ0) is 17.1. The first kappa shape index (κ1) is 15.2. The summed E-state index contributed by atoms with van der Waals surface area (Å²) in [4.78, 5) is 18.4. The molecule has 0 saturated carbocycles. The summed E-state index contributed by atoms with van der Waals surface area (Å²) in [5, 5.41) is 13.2. The molecule has 1 N–H and O–H groups in total. The molecule has 0 bridgehead atoms. The Balaban J connectivity index is 2.03. The smallest absolute Gasteiger partial charge is 0.337 e. The molecule has 0 aliphatic heterocycles. The molecule has 0 aliphatic carbocycles. The lowest BCUT2D eigenvalue weighted by Crippen LogP contribution is -2.04. The van der Waals surface area contributed by atoms with E-state index in [9.17, 15) is 4.79 Å². The van der Waals surface area contributed by atoms with Gasteiger partial charge in [-0.1, -0.05) is 24.3 Å². The van der Waals surface area contributed by atoms with Crippen LogP contribution in [0.5, 0.6) is 5.88 Å². The molecular formula is C17H12N4O3. The maximum atomic E-state index is 10.9. The molecule has 0 unspecified atom stereocenters. The largest absolute Gasteiger partial charge is 0.480 e. The van der Waals surface area contributed by atoms with Gasteiger partial charge in [0.25, 0.3) is 0 Å². The Morgan fingerprint density at radius 3 is 2.50 bits per heavy atom. The van der Waals surface area contributed by atoms with Gasteiger partial charge >= 0.3 is 5.97 Å². The third-order valence-electron chi connectivity index (χ3n) is 3.44. The number of benzene rings is 1. The summed E-state index contributed by atoms with van der Waals surface area (Å²) in [5.41, 5.74) is 2.25. The predicted molar refractivity (Wildman–Crippen MR) is 86.6 cm³/mol. The second kappa shape index (κ2) is 6.22. The molecule has 0 amide bonds. The van der Waals surface area contributed by atoms with Crippen molar-refractivity contribution in [2.45, 2.75) is 0 Å². The van der Waals surface area contributed by atoms with Crippen molar-refractivity contribution in [2.75, 3.05) is 7.11 Å². The lowest BCUT2D eigenvalue weighted by atomic mass is 10.1. The summed E-state index contributed by atoms with van der Waals surface area (Å²) >= 11 is 0. The molecule has 0 atom stereocenters. The molecular weight excluding hydrogens is 308 g/mol. The van der Waals surface area contributed by atoms with E-state index in [1.807, 2.05) is 12.1 Å². The SMILES string of the molecule is [C-]#[N+]c1ccc(-c2cnn(-c3ccc(C(=O)O)cn3)c2OC)cc1. The van der Waals surface area contributed by atoms with Crippen molar-refractivity contribution in [3.8, 4) is 22.8 Å². The number of methoxy groups -OCH3 is 1. The minimum atomic E-state index is -1.04. The van der Waals surface area contributed by atoms with Gasteiger partial charge in [0.15, 0.2) is 11.5 Å². The Bertz CT molecular complexity index is 922. The van der Waals surface area contributed by atoms with Crippen molar-refractivity contribution >= 4 is 11.7 Å². The van der Waals surface area contributed by atoms with Crippen LogP contribution >= 0.6 is 0 Å². The Hall–Kier alpha value is -3.66. The van der Waals surface area contributed by atoms with Crippen LogP contribution in [0.15, 0.2) is 48.8 Å². The van der Waals surface area contributed by atoms with Crippen molar-refractivity contribution < 1.29 is 14.6 Å². The van der Waals surface area contributed by atoms with Gasteiger partial charge < -0.3 is 9.84 Å². The number of pyridine rings is 1. The summed E-state index contributed by atoms with van der Waals surface area (Å²) in [6.07, 6.45) is 2.90. The van der Waals surface area contributed by atoms with E-state index in [2.05, 4.69) is 14.9 Å². The van der Waals surface area contributed by atoms with Crippen molar-refractivity contribution in [2.24, 2.45) is 0 Å². The van der Waals surface area contributed by atoms with Crippen LogP contribution in [0.25, 0.3) is 21.8 Å². The lowest BCUT2D eigenvalue weighted by Gasteiger charge is -2.08. The molecule has 0 saturated heterocycles. The number of ether oxygens (including phenoxy) is 1.